The lowest BCUT2D eigenvalue weighted by atomic mass is 10.1. The summed E-state index contributed by atoms with van der Waals surface area (Å²) < 4.78 is 5.47. The smallest absolute Gasteiger partial charge is 0.326 e. The Morgan fingerprint density at radius 3 is 2.30 bits per heavy atom. The number of hydrogen-bond donors (Lipinski definition) is 2. The molecule has 1 aliphatic rings. The van der Waals surface area contributed by atoms with Crippen LogP contribution in [0.4, 0.5) is 4.79 Å². The zero-order valence-corrected chi connectivity index (χ0v) is 11.4. The Balaban J connectivity index is 2.16. The molecule has 0 bridgehead atoms. The van der Waals surface area contributed by atoms with Gasteiger partial charge in [0, 0.05) is 0 Å². The molecule has 9 heteroatoms. The van der Waals surface area contributed by atoms with E-state index in [0.717, 1.165) is 9.64 Å². The standard InChI is InChI=1S/C11H16N4O5/c1-5(2)7-8(16)14(9(17)12-7)4-6(3)15-10(18)13-11(19)20-15/h5-7H,4H2,1-3H3,(H,12,17)(H,13,18,19). The van der Waals surface area contributed by atoms with Gasteiger partial charge in [-0.25, -0.2) is 19.4 Å². The Hall–Kier alpha value is -2.32. The lowest BCUT2D eigenvalue weighted by Gasteiger charge is -2.18. The Morgan fingerprint density at radius 2 is 1.85 bits per heavy atom. The summed E-state index contributed by atoms with van der Waals surface area (Å²) in [4.78, 5) is 49.1. The molecule has 0 radical (unpaired) electrons. The molecule has 2 unspecified atom stereocenters. The molecule has 3 amide bonds. The van der Waals surface area contributed by atoms with Gasteiger partial charge in [-0.2, -0.15) is 0 Å². The number of rotatable bonds is 4. The largest absolute Gasteiger partial charge is 0.440 e. The third-order valence-corrected chi connectivity index (χ3v) is 3.16. The first-order chi connectivity index (χ1) is 9.31. The maximum Gasteiger partial charge on any atom is 0.440 e. The second-order valence-corrected chi connectivity index (χ2v) is 5.10. The number of amides is 3. The molecule has 2 atom stereocenters. The maximum absolute atomic E-state index is 12.1. The monoisotopic (exact) mass is 284 g/mol. The predicted molar refractivity (Wildman–Crippen MR) is 67.2 cm³/mol. The molecule has 9 nitrogen and oxygen atoms in total. The number of hydrogen-bond acceptors (Lipinski definition) is 5. The van der Waals surface area contributed by atoms with Crippen molar-refractivity contribution in [2.24, 2.45) is 5.92 Å². The summed E-state index contributed by atoms with van der Waals surface area (Å²) >= 11 is 0. The van der Waals surface area contributed by atoms with Gasteiger partial charge in [0.2, 0.25) is 0 Å². The molecule has 1 saturated heterocycles. The van der Waals surface area contributed by atoms with Gasteiger partial charge in [0.05, 0.1) is 12.6 Å². The quantitative estimate of drug-likeness (QED) is 0.707. The first-order valence-corrected chi connectivity index (χ1v) is 6.25. The summed E-state index contributed by atoms with van der Waals surface area (Å²) in [7, 11) is 0. The van der Waals surface area contributed by atoms with E-state index in [1.165, 1.54) is 0 Å². The van der Waals surface area contributed by atoms with Crippen LogP contribution in [0.3, 0.4) is 0 Å². The van der Waals surface area contributed by atoms with Crippen molar-refractivity contribution < 1.29 is 14.1 Å². The van der Waals surface area contributed by atoms with Crippen LogP contribution in [0.2, 0.25) is 0 Å². The SMILES string of the molecule is CC(C)C1NC(=O)N(CC(C)n2oc(=O)[nH]c2=O)C1=O. The van der Waals surface area contributed by atoms with Crippen molar-refractivity contribution in [2.45, 2.75) is 32.9 Å². The zero-order valence-electron chi connectivity index (χ0n) is 11.4. The molecule has 0 saturated carbocycles. The molecule has 110 valence electrons. The van der Waals surface area contributed by atoms with Crippen molar-refractivity contribution >= 4 is 11.9 Å². The van der Waals surface area contributed by atoms with Crippen LogP contribution in [0.5, 0.6) is 0 Å². The Labute approximate surface area is 113 Å². The molecule has 1 aromatic rings. The second-order valence-electron chi connectivity index (χ2n) is 5.10. The van der Waals surface area contributed by atoms with Crippen LogP contribution in [0, 0.1) is 5.92 Å². The number of nitrogens with one attached hydrogen (secondary N) is 2. The number of urea groups is 1. The van der Waals surface area contributed by atoms with Gasteiger partial charge in [0.1, 0.15) is 6.04 Å². The maximum atomic E-state index is 12.1. The van der Waals surface area contributed by atoms with Gasteiger partial charge in [-0.15, -0.1) is 4.74 Å². The fourth-order valence-corrected chi connectivity index (χ4v) is 2.09. The summed E-state index contributed by atoms with van der Waals surface area (Å²) in [6, 6.07) is -1.71. The van der Waals surface area contributed by atoms with E-state index in [4.69, 9.17) is 0 Å². The highest BCUT2D eigenvalue weighted by Gasteiger charge is 2.40. The van der Waals surface area contributed by atoms with Crippen molar-refractivity contribution in [1.82, 2.24) is 19.9 Å². The minimum Gasteiger partial charge on any atom is -0.326 e. The van der Waals surface area contributed by atoms with Crippen molar-refractivity contribution in [1.29, 1.82) is 0 Å². The van der Waals surface area contributed by atoms with Crippen molar-refractivity contribution in [2.75, 3.05) is 6.54 Å². The van der Waals surface area contributed by atoms with Crippen LogP contribution in [0.25, 0.3) is 0 Å². The molecule has 2 rings (SSSR count). The minimum atomic E-state index is -0.876. The molecule has 2 heterocycles. The van der Waals surface area contributed by atoms with Gasteiger partial charge in [0.15, 0.2) is 0 Å². The summed E-state index contributed by atoms with van der Waals surface area (Å²) in [5.41, 5.74) is -0.713. The highest BCUT2D eigenvalue weighted by atomic mass is 16.5. The van der Waals surface area contributed by atoms with Gasteiger partial charge >= 0.3 is 17.5 Å². The number of nitrogens with zero attached hydrogens (tertiary/aromatic N) is 2. The second kappa shape index (κ2) is 4.99. The summed E-state index contributed by atoms with van der Waals surface area (Å²) in [5.74, 6) is -1.25. The van der Waals surface area contributed by atoms with E-state index >= 15 is 0 Å². The number of carbonyl (C=O) groups is 2. The van der Waals surface area contributed by atoms with Crippen molar-refractivity contribution in [3.63, 3.8) is 0 Å². The van der Waals surface area contributed by atoms with Gasteiger partial charge in [-0.3, -0.25) is 9.69 Å². The van der Waals surface area contributed by atoms with Crippen LogP contribution < -0.4 is 16.8 Å². The summed E-state index contributed by atoms with van der Waals surface area (Å²) in [6.07, 6.45) is 0. The van der Waals surface area contributed by atoms with Gasteiger partial charge in [0.25, 0.3) is 5.91 Å². The third-order valence-electron chi connectivity index (χ3n) is 3.16. The van der Waals surface area contributed by atoms with Gasteiger partial charge in [-0.1, -0.05) is 13.8 Å². The molecule has 1 fully saturated rings. The third kappa shape index (κ3) is 2.38. The highest BCUT2D eigenvalue weighted by Crippen LogP contribution is 2.16. The van der Waals surface area contributed by atoms with Crippen molar-refractivity contribution in [3.8, 4) is 0 Å². The van der Waals surface area contributed by atoms with E-state index in [1.54, 1.807) is 6.92 Å². The van der Waals surface area contributed by atoms with E-state index in [2.05, 4.69) is 9.84 Å². The number of aromatic nitrogens is 2. The summed E-state index contributed by atoms with van der Waals surface area (Å²) in [6.45, 7) is 5.17. The minimum absolute atomic E-state index is 0.0281. The number of carbonyl (C=O) groups excluding carboxylic acids is 2. The molecule has 2 N–H and O–H groups in total. The first-order valence-electron chi connectivity index (χ1n) is 6.25. The molecule has 1 aliphatic heterocycles. The summed E-state index contributed by atoms with van der Waals surface area (Å²) in [5, 5.41) is 2.58. The van der Waals surface area contributed by atoms with E-state index in [9.17, 15) is 19.2 Å². The zero-order chi connectivity index (χ0) is 15.0. The molecule has 1 aromatic heterocycles. The van der Waals surface area contributed by atoms with Gasteiger partial charge in [-0.05, 0) is 12.8 Å². The van der Waals surface area contributed by atoms with Crippen molar-refractivity contribution in [3.05, 3.63) is 21.0 Å². The molecular weight excluding hydrogens is 268 g/mol. The van der Waals surface area contributed by atoms with E-state index < -0.39 is 29.6 Å². The van der Waals surface area contributed by atoms with Crippen LogP contribution in [0.15, 0.2) is 14.1 Å². The first kappa shape index (κ1) is 14.1. The number of imide groups is 1. The lowest BCUT2D eigenvalue weighted by Crippen LogP contribution is -2.38. The molecule has 0 aliphatic carbocycles. The number of aromatic amines is 1. The predicted octanol–water partition coefficient (Wildman–Crippen LogP) is -0.733. The topological polar surface area (TPSA) is 117 Å². The van der Waals surface area contributed by atoms with E-state index in [-0.39, 0.29) is 18.4 Å². The van der Waals surface area contributed by atoms with E-state index in [0.29, 0.717) is 0 Å². The average molecular weight is 284 g/mol. The Bertz CT molecular complexity index is 640. The fraction of sp³-hybridized carbons (Fsp3) is 0.636. The molecule has 20 heavy (non-hydrogen) atoms. The van der Waals surface area contributed by atoms with E-state index in [1.807, 2.05) is 18.8 Å². The van der Waals surface area contributed by atoms with Crippen LogP contribution in [0.1, 0.15) is 26.8 Å². The molecule has 0 aromatic carbocycles. The Morgan fingerprint density at radius 1 is 1.20 bits per heavy atom. The van der Waals surface area contributed by atoms with Crippen LogP contribution in [-0.2, 0) is 4.79 Å². The van der Waals surface area contributed by atoms with Crippen LogP contribution in [-0.4, -0.2) is 39.1 Å². The number of H-pyrrole nitrogens is 1. The lowest BCUT2D eigenvalue weighted by molar-refractivity contribution is -0.128. The van der Waals surface area contributed by atoms with Gasteiger partial charge < -0.3 is 9.84 Å². The fourth-order valence-electron chi connectivity index (χ4n) is 2.09. The molecule has 0 spiro atoms. The average Bonchev–Trinajstić information content (AvgIpc) is 2.82. The molecular formula is C11H16N4O5. The van der Waals surface area contributed by atoms with Crippen LogP contribution >= 0.6 is 0 Å². The highest BCUT2D eigenvalue weighted by molar-refractivity contribution is 6.04. The Kier molecular flexibility index (Phi) is 3.51. The normalized spacial score (nSPS) is 20.6.